The molecule has 0 spiro atoms. The van der Waals surface area contributed by atoms with Gasteiger partial charge in [-0.05, 0) is 34.9 Å². The molecule has 0 bridgehead atoms. The number of aliphatic hydroxyl groups is 1. The Balaban J connectivity index is 2.80. The van der Waals surface area contributed by atoms with Gasteiger partial charge in [0.1, 0.15) is 0 Å². The predicted molar refractivity (Wildman–Crippen MR) is 57.2 cm³/mol. The molecule has 0 atom stereocenters. The standard InChI is InChI=1S/C11H9NOS/c1-7-8(4-12)2-3-10-9(5-13)6-14-11(7)10/h2-3,6,13H,5H2,1H3. The van der Waals surface area contributed by atoms with Crippen molar-refractivity contribution in [1.29, 1.82) is 5.26 Å². The maximum absolute atomic E-state index is 9.08. The average molecular weight is 203 g/mol. The van der Waals surface area contributed by atoms with Gasteiger partial charge in [0, 0.05) is 4.70 Å². The quantitative estimate of drug-likeness (QED) is 0.774. The first kappa shape index (κ1) is 9.20. The van der Waals surface area contributed by atoms with Crippen LogP contribution < -0.4 is 0 Å². The molecule has 1 N–H and O–H groups in total. The number of benzene rings is 1. The molecule has 0 aliphatic carbocycles. The number of nitrogens with zero attached hydrogens (tertiary/aromatic N) is 1. The molecule has 0 radical (unpaired) electrons. The third-order valence-electron chi connectivity index (χ3n) is 2.36. The molecule has 0 amide bonds. The van der Waals surface area contributed by atoms with Crippen LogP contribution in [0.5, 0.6) is 0 Å². The van der Waals surface area contributed by atoms with Gasteiger partial charge in [-0.1, -0.05) is 6.07 Å². The van der Waals surface area contributed by atoms with E-state index in [9.17, 15) is 0 Å². The molecule has 2 rings (SSSR count). The lowest BCUT2D eigenvalue weighted by molar-refractivity contribution is 0.284. The van der Waals surface area contributed by atoms with Crippen molar-refractivity contribution in [2.75, 3.05) is 0 Å². The molecule has 70 valence electrons. The van der Waals surface area contributed by atoms with Gasteiger partial charge in [0.15, 0.2) is 0 Å². The van der Waals surface area contributed by atoms with Gasteiger partial charge in [0.05, 0.1) is 18.2 Å². The summed E-state index contributed by atoms with van der Waals surface area (Å²) >= 11 is 1.58. The second-order valence-corrected chi connectivity index (χ2v) is 4.03. The molecule has 0 aliphatic heterocycles. The Bertz CT molecular complexity index is 522. The maximum atomic E-state index is 9.08. The Morgan fingerprint density at radius 3 is 2.93 bits per heavy atom. The third kappa shape index (κ3) is 1.20. The molecular weight excluding hydrogens is 194 g/mol. The van der Waals surface area contributed by atoms with Crippen molar-refractivity contribution in [3.8, 4) is 6.07 Å². The van der Waals surface area contributed by atoms with Crippen molar-refractivity contribution < 1.29 is 5.11 Å². The second kappa shape index (κ2) is 3.41. The van der Waals surface area contributed by atoms with E-state index < -0.39 is 0 Å². The normalized spacial score (nSPS) is 10.4. The molecule has 1 aromatic carbocycles. The van der Waals surface area contributed by atoms with Crippen molar-refractivity contribution in [1.82, 2.24) is 0 Å². The summed E-state index contributed by atoms with van der Waals surface area (Å²) in [6.07, 6.45) is 0. The van der Waals surface area contributed by atoms with Crippen LogP contribution in [-0.2, 0) is 6.61 Å². The van der Waals surface area contributed by atoms with Gasteiger partial charge in [0.2, 0.25) is 0 Å². The number of aryl methyl sites for hydroxylation is 1. The van der Waals surface area contributed by atoms with Gasteiger partial charge in [-0.25, -0.2) is 0 Å². The Morgan fingerprint density at radius 1 is 1.50 bits per heavy atom. The van der Waals surface area contributed by atoms with E-state index in [1.807, 2.05) is 24.4 Å². The molecule has 3 heteroatoms. The number of thiophene rings is 1. The highest BCUT2D eigenvalue weighted by molar-refractivity contribution is 7.17. The van der Waals surface area contributed by atoms with Crippen LogP contribution in [0, 0.1) is 18.3 Å². The number of fused-ring (bicyclic) bond motifs is 1. The smallest absolute Gasteiger partial charge is 0.0994 e. The number of hydrogen-bond acceptors (Lipinski definition) is 3. The first-order valence-corrected chi connectivity index (χ1v) is 5.16. The van der Waals surface area contributed by atoms with Crippen LogP contribution >= 0.6 is 11.3 Å². The van der Waals surface area contributed by atoms with Crippen molar-refractivity contribution in [3.05, 3.63) is 34.2 Å². The fourth-order valence-electron chi connectivity index (χ4n) is 1.53. The van der Waals surface area contributed by atoms with E-state index in [1.54, 1.807) is 11.3 Å². The van der Waals surface area contributed by atoms with Gasteiger partial charge < -0.3 is 5.11 Å². The van der Waals surface area contributed by atoms with Crippen LogP contribution in [0.2, 0.25) is 0 Å². The monoisotopic (exact) mass is 203 g/mol. The molecule has 2 nitrogen and oxygen atoms in total. The Labute approximate surface area is 86.0 Å². The summed E-state index contributed by atoms with van der Waals surface area (Å²) in [6, 6.07) is 5.87. The van der Waals surface area contributed by atoms with E-state index in [4.69, 9.17) is 10.4 Å². The molecule has 0 saturated carbocycles. The van der Waals surface area contributed by atoms with E-state index in [-0.39, 0.29) is 6.61 Å². The lowest BCUT2D eigenvalue weighted by Gasteiger charge is -1.99. The molecular formula is C11H9NOS. The largest absolute Gasteiger partial charge is 0.392 e. The Hall–Kier alpha value is -1.37. The fraction of sp³-hybridized carbons (Fsp3) is 0.182. The molecule has 2 aromatic rings. The number of nitriles is 1. The average Bonchev–Trinajstić information content (AvgIpc) is 2.62. The number of hydrogen-bond donors (Lipinski definition) is 1. The maximum Gasteiger partial charge on any atom is 0.0994 e. The zero-order valence-corrected chi connectivity index (χ0v) is 8.56. The lowest BCUT2D eigenvalue weighted by Crippen LogP contribution is -1.83. The van der Waals surface area contributed by atoms with E-state index in [0.717, 1.165) is 21.2 Å². The zero-order valence-electron chi connectivity index (χ0n) is 7.74. The minimum Gasteiger partial charge on any atom is -0.392 e. The molecule has 0 fully saturated rings. The van der Waals surface area contributed by atoms with Gasteiger partial charge in [-0.3, -0.25) is 0 Å². The predicted octanol–water partition coefficient (Wildman–Crippen LogP) is 2.57. The van der Waals surface area contributed by atoms with E-state index in [1.165, 1.54) is 0 Å². The Kier molecular flexibility index (Phi) is 2.24. The lowest BCUT2D eigenvalue weighted by atomic mass is 10.1. The van der Waals surface area contributed by atoms with Crippen LogP contribution in [0.3, 0.4) is 0 Å². The van der Waals surface area contributed by atoms with Gasteiger partial charge >= 0.3 is 0 Å². The Morgan fingerprint density at radius 2 is 2.29 bits per heavy atom. The molecule has 0 unspecified atom stereocenters. The van der Waals surface area contributed by atoms with Crippen LogP contribution in [0.25, 0.3) is 10.1 Å². The highest BCUT2D eigenvalue weighted by Crippen LogP contribution is 2.30. The summed E-state index contributed by atoms with van der Waals surface area (Å²) in [5.74, 6) is 0. The minimum absolute atomic E-state index is 0.0609. The highest BCUT2D eigenvalue weighted by Gasteiger charge is 2.07. The van der Waals surface area contributed by atoms with Crippen molar-refractivity contribution >= 4 is 21.4 Å². The van der Waals surface area contributed by atoms with E-state index in [0.29, 0.717) is 5.56 Å². The summed E-state index contributed by atoms with van der Waals surface area (Å²) in [5.41, 5.74) is 2.66. The van der Waals surface area contributed by atoms with Crippen LogP contribution in [0.4, 0.5) is 0 Å². The second-order valence-electron chi connectivity index (χ2n) is 3.15. The van der Waals surface area contributed by atoms with Crippen LogP contribution in [0.15, 0.2) is 17.5 Å². The summed E-state index contributed by atoms with van der Waals surface area (Å²) in [5, 5.41) is 20.9. The topological polar surface area (TPSA) is 44.0 Å². The van der Waals surface area contributed by atoms with Gasteiger partial charge in [-0.2, -0.15) is 5.26 Å². The summed E-state index contributed by atoms with van der Waals surface area (Å²) < 4.78 is 1.10. The first-order valence-electron chi connectivity index (χ1n) is 4.28. The van der Waals surface area contributed by atoms with Crippen LogP contribution in [0.1, 0.15) is 16.7 Å². The summed E-state index contributed by atoms with van der Waals surface area (Å²) in [4.78, 5) is 0. The minimum atomic E-state index is 0.0609. The highest BCUT2D eigenvalue weighted by atomic mass is 32.1. The first-order chi connectivity index (χ1) is 6.77. The number of aliphatic hydroxyl groups excluding tert-OH is 1. The summed E-state index contributed by atoms with van der Waals surface area (Å²) in [6.45, 7) is 2.00. The molecule has 0 saturated heterocycles. The van der Waals surface area contributed by atoms with E-state index in [2.05, 4.69) is 6.07 Å². The third-order valence-corrected chi connectivity index (χ3v) is 3.53. The summed E-state index contributed by atoms with van der Waals surface area (Å²) in [7, 11) is 0. The van der Waals surface area contributed by atoms with Crippen molar-refractivity contribution in [2.45, 2.75) is 13.5 Å². The number of rotatable bonds is 1. The fourth-order valence-corrected chi connectivity index (χ4v) is 2.61. The van der Waals surface area contributed by atoms with E-state index >= 15 is 0 Å². The molecule has 1 heterocycles. The van der Waals surface area contributed by atoms with Gasteiger partial charge in [-0.15, -0.1) is 11.3 Å². The molecule has 1 aromatic heterocycles. The van der Waals surface area contributed by atoms with Crippen molar-refractivity contribution in [3.63, 3.8) is 0 Å². The zero-order chi connectivity index (χ0) is 10.1. The molecule has 0 aliphatic rings. The SMILES string of the molecule is Cc1c(C#N)ccc2c(CO)csc12. The van der Waals surface area contributed by atoms with Gasteiger partial charge in [0.25, 0.3) is 0 Å². The van der Waals surface area contributed by atoms with Crippen molar-refractivity contribution in [2.24, 2.45) is 0 Å². The molecule has 14 heavy (non-hydrogen) atoms. The van der Waals surface area contributed by atoms with Crippen LogP contribution in [-0.4, -0.2) is 5.11 Å².